The third kappa shape index (κ3) is 3.77. The number of aromatic nitrogens is 1. The van der Waals surface area contributed by atoms with E-state index in [1.807, 2.05) is 6.20 Å². The van der Waals surface area contributed by atoms with Crippen molar-refractivity contribution in [3.63, 3.8) is 0 Å². The number of furan rings is 1. The molecule has 2 aromatic carbocycles. The highest BCUT2D eigenvalue weighted by molar-refractivity contribution is 6.90. The minimum absolute atomic E-state index is 0.165. The van der Waals surface area contributed by atoms with Crippen LogP contribution in [0.4, 0.5) is 0 Å². The quantitative estimate of drug-likeness (QED) is 0.249. The van der Waals surface area contributed by atoms with Crippen LogP contribution >= 0.6 is 0 Å². The number of hydrogen-bond acceptors (Lipinski definition) is 2. The second-order valence-corrected chi connectivity index (χ2v) is 18.0. The van der Waals surface area contributed by atoms with Crippen LogP contribution in [0.3, 0.4) is 0 Å². The molecular formula is C33H41NOSi. The van der Waals surface area contributed by atoms with E-state index in [2.05, 4.69) is 82.9 Å². The van der Waals surface area contributed by atoms with Gasteiger partial charge in [0.25, 0.3) is 0 Å². The Bertz CT molecular complexity index is 1440. The number of hydrogen-bond donors (Lipinski definition) is 0. The van der Waals surface area contributed by atoms with Gasteiger partial charge in [0.05, 0.1) is 13.8 Å². The summed E-state index contributed by atoms with van der Waals surface area (Å²) in [5.74, 6) is 2.57. The topological polar surface area (TPSA) is 26.0 Å². The number of benzene rings is 2. The van der Waals surface area contributed by atoms with Crippen LogP contribution in [0.5, 0.6) is 0 Å². The van der Waals surface area contributed by atoms with E-state index in [-0.39, 0.29) is 5.41 Å². The van der Waals surface area contributed by atoms with Gasteiger partial charge in [-0.25, -0.2) is 0 Å². The maximum Gasteiger partial charge on any atom is 0.144 e. The summed E-state index contributed by atoms with van der Waals surface area (Å²) in [7, 11) is -1.60. The molecule has 4 aromatic rings. The molecule has 2 aromatic heterocycles. The summed E-state index contributed by atoms with van der Waals surface area (Å²) in [5, 5.41) is 4.15. The molecule has 0 amide bonds. The second-order valence-electron chi connectivity index (χ2n) is 13.0. The third-order valence-corrected chi connectivity index (χ3v) is 11.9. The number of rotatable bonds is 6. The lowest BCUT2D eigenvalue weighted by molar-refractivity contribution is 0.420. The summed E-state index contributed by atoms with van der Waals surface area (Å²) in [6, 6.07) is 16.3. The Morgan fingerprint density at radius 3 is 2.44 bits per heavy atom. The Labute approximate surface area is 217 Å². The Morgan fingerprint density at radius 2 is 1.78 bits per heavy atom. The van der Waals surface area contributed by atoms with Gasteiger partial charge in [0.15, 0.2) is 0 Å². The van der Waals surface area contributed by atoms with Gasteiger partial charge in [0.1, 0.15) is 11.2 Å². The van der Waals surface area contributed by atoms with Crippen LogP contribution in [0, 0.1) is 11.8 Å². The molecule has 3 unspecified atom stereocenters. The minimum atomic E-state index is -1.60. The molecule has 3 atom stereocenters. The maximum atomic E-state index is 6.71. The van der Waals surface area contributed by atoms with E-state index in [0.29, 0.717) is 0 Å². The van der Waals surface area contributed by atoms with Gasteiger partial charge in [-0.15, -0.1) is 0 Å². The van der Waals surface area contributed by atoms with E-state index in [1.54, 1.807) is 0 Å². The van der Waals surface area contributed by atoms with E-state index in [9.17, 15) is 0 Å². The van der Waals surface area contributed by atoms with Gasteiger partial charge in [-0.1, -0.05) is 59.0 Å². The zero-order valence-electron chi connectivity index (χ0n) is 22.9. The number of nitrogens with zero attached hydrogens (tertiary/aromatic N) is 1. The molecule has 2 fully saturated rings. The highest BCUT2D eigenvalue weighted by Crippen LogP contribution is 2.53. The molecule has 0 spiro atoms. The van der Waals surface area contributed by atoms with E-state index < -0.39 is 8.07 Å². The van der Waals surface area contributed by atoms with Crippen LogP contribution in [0.25, 0.3) is 33.2 Å². The second kappa shape index (κ2) is 8.58. The first-order chi connectivity index (χ1) is 17.2. The molecule has 2 nitrogen and oxygen atoms in total. The molecule has 2 aliphatic carbocycles. The van der Waals surface area contributed by atoms with Gasteiger partial charge >= 0.3 is 0 Å². The predicted molar refractivity (Wildman–Crippen MR) is 156 cm³/mol. The van der Waals surface area contributed by atoms with E-state index >= 15 is 0 Å². The summed E-state index contributed by atoms with van der Waals surface area (Å²) in [6.07, 6.45) is 9.91. The standard InChI is InChI=1S/C33H41NOSi/c1-7-33(3,8-2)24-15-16-34-28(20-24)25-12-14-30(36(4,5)6)31-27-19-23(11-13-29(27)35-32(25)31)26-18-21-9-10-22(26)17-21/h11-16,19-22,26H,7-10,17-18H2,1-6H3. The minimum Gasteiger partial charge on any atom is -0.455 e. The van der Waals surface area contributed by atoms with Crippen molar-refractivity contribution in [2.24, 2.45) is 11.8 Å². The molecule has 3 heteroatoms. The van der Waals surface area contributed by atoms with Crippen LogP contribution in [-0.2, 0) is 5.41 Å². The van der Waals surface area contributed by atoms with Crippen LogP contribution in [0.15, 0.2) is 53.1 Å². The molecular weight excluding hydrogens is 454 g/mol. The molecule has 2 heterocycles. The Kier molecular flexibility index (Phi) is 5.72. The summed E-state index contributed by atoms with van der Waals surface area (Å²) in [5.41, 5.74) is 7.27. The van der Waals surface area contributed by atoms with Gasteiger partial charge in [-0.2, -0.15) is 0 Å². The number of pyridine rings is 1. The molecule has 0 saturated heterocycles. The van der Waals surface area contributed by atoms with E-state index in [1.165, 1.54) is 52.8 Å². The molecule has 0 N–H and O–H groups in total. The van der Waals surface area contributed by atoms with Crippen molar-refractivity contribution >= 4 is 35.2 Å². The van der Waals surface area contributed by atoms with Crippen molar-refractivity contribution < 1.29 is 4.42 Å². The highest BCUT2D eigenvalue weighted by Gasteiger charge is 2.40. The van der Waals surface area contributed by atoms with E-state index in [0.717, 1.165) is 53.0 Å². The van der Waals surface area contributed by atoms with Crippen LogP contribution in [-0.4, -0.2) is 13.1 Å². The van der Waals surface area contributed by atoms with Crippen molar-refractivity contribution in [3.05, 3.63) is 59.8 Å². The Hall–Kier alpha value is -2.39. The third-order valence-electron chi connectivity index (χ3n) is 9.91. The lowest BCUT2D eigenvalue weighted by Gasteiger charge is -2.27. The number of fused-ring (bicyclic) bond motifs is 5. The fourth-order valence-corrected chi connectivity index (χ4v) is 8.80. The first-order valence-corrected chi connectivity index (χ1v) is 17.7. The normalized spacial score (nSPS) is 22.2. The molecule has 0 aliphatic heterocycles. The van der Waals surface area contributed by atoms with Crippen molar-refractivity contribution in [1.82, 2.24) is 4.98 Å². The van der Waals surface area contributed by atoms with Gasteiger partial charge in [0, 0.05) is 22.5 Å². The largest absolute Gasteiger partial charge is 0.455 e. The summed E-state index contributed by atoms with van der Waals surface area (Å²) in [6.45, 7) is 14.3. The van der Waals surface area contributed by atoms with Gasteiger partial charge in [-0.05, 0) is 102 Å². The Balaban J connectivity index is 1.56. The van der Waals surface area contributed by atoms with Gasteiger partial charge < -0.3 is 4.42 Å². The van der Waals surface area contributed by atoms with Gasteiger partial charge in [0.2, 0.25) is 0 Å². The molecule has 0 radical (unpaired) electrons. The molecule has 188 valence electrons. The lowest BCUT2D eigenvalue weighted by atomic mass is 9.78. The van der Waals surface area contributed by atoms with Crippen molar-refractivity contribution in [3.8, 4) is 11.3 Å². The molecule has 2 bridgehead atoms. The zero-order chi connectivity index (χ0) is 25.2. The summed E-state index contributed by atoms with van der Waals surface area (Å²) >= 11 is 0. The average molecular weight is 496 g/mol. The fourth-order valence-electron chi connectivity index (χ4n) is 7.22. The van der Waals surface area contributed by atoms with Crippen LogP contribution in [0.2, 0.25) is 19.6 Å². The zero-order valence-corrected chi connectivity index (χ0v) is 23.9. The Morgan fingerprint density at radius 1 is 0.972 bits per heavy atom. The fraction of sp³-hybridized carbons (Fsp3) is 0.485. The average Bonchev–Trinajstić information content (AvgIpc) is 3.61. The maximum absolute atomic E-state index is 6.71. The van der Waals surface area contributed by atoms with E-state index in [4.69, 9.17) is 9.40 Å². The molecule has 2 saturated carbocycles. The summed E-state index contributed by atoms with van der Waals surface area (Å²) < 4.78 is 6.71. The summed E-state index contributed by atoms with van der Waals surface area (Å²) in [4.78, 5) is 4.86. The lowest BCUT2D eigenvalue weighted by Crippen LogP contribution is -2.38. The monoisotopic (exact) mass is 495 g/mol. The van der Waals surface area contributed by atoms with Crippen molar-refractivity contribution in [2.75, 3.05) is 0 Å². The van der Waals surface area contributed by atoms with Gasteiger partial charge in [-0.3, -0.25) is 4.98 Å². The van der Waals surface area contributed by atoms with Crippen LogP contribution < -0.4 is 5.19 Å². The predicted octanol–water partition coefficient (Wildman–Crippen LogP) is 9.17. The molecule has 36 heavy (non-hydrogen) atoms. The van der Waals surface area contributed by atoms with Crippen LogP contribution in [0.1, 0.15) is 76.3 Å². The SMILES string of the molecule is CCC(C)(CC)c1ccnc(-c2ccc([Si](C)(C)C)c3c2oc2ccc(C4CC5CCC4C5)cc23)c1. The molecule has 2 aliphatic rings. The molecule has 6 rings (SSSR count). The first kappa shape index (κ1) is 24.0. The highest BCUT2D eigenvalue weighted by atomic mass is 28.3. The first-order valence-electron chi connectivity index (χ1n) is 14.2. The smallest absolute Gasteiger partial charge is 0.144 e. The van der Waals surface area contributed by atoms with Crippen molar-refractivity contribution in [2.45, 2.75) is 90.3 Å². The van der Waals surface area contributed by atoms with Crippen molar-refractivity contribution in [1.29, 1.82) is 0 Å².